The standard InChI is InChI=1S/C8H15N3OS/c1-8(5-12,9-2)6-13-7-10-3-4-11-7/h3-4,9,12H,5-6H2,1-2H3,(H,10,11). The molecule has 1 rings (SSSR count). The molecule has 3 N–H and O–H groups in total. The van der Waals surface area contributed by atoms with Crippen LogP contribution >= 0.6 is 11.8 Å². The van der Waals surface area contributed by atoms with Crippen LogP contribution in [0.2, 0.25) is 0 Å². The van der Waals surface area contributed by atoms with E-state index in [1.165, 1.54) is 0 Å². The molecule has 5 heteroatoms. The van der Waals surface area contributed by atoms with Crippen LogP contribution in [0.25, 0.3) is 0 Å². The molecule has 0 saturated carbocycles. The molecule has 74 valence electrons. The molecule has 0 aromatic carbocycles. The molecule has 0 bridgehead atoms. The zero-order valence-electron chi connectivity index (χ0n) is 7.87. The van der Waals surface area contributed by atoms with Crippen molar-refractivity contribution in [1.82, 2.24) is 15.3 Å². The van der Waals surface area contributed by atoms with E-state index in [1.807, 2.05) is 14.0 Å². The molecule has 1 aromatic rings. The van der Waals surface area contributed by atoms with Gasteiger partial charge < -0.3 is 15.4 Å². The Labute approximate surface area is 82.2 Å². The summed E-state index contributed by atoms with van der Waals surface area (Å²) >= 11 is 1.59. The van der Waals surface area contributed by atoms with Crippen LogP contribution in [0.5, 0.6) is 0 Å². The SMILES string of the molecule is CNC(C)(CO)CSc1ncc[nH]1. The van der Waals surface area contributed by atoms with Gasteiger partial charge in [-0.1, -0.05) is 11.8 Å². The Bertz CT molecular complexity index is 234. The minimum Gasteiger partial charge on any atom is -0.394 e. The first-order valence-corrected chi connectivity index (χ1v) is 5.11. The molecule has 0 aliphatic rings. The minimum absolute atomic E-state index is 0.122. The van der Waals surface area contributed by atoms with Crippen LogP contribution < -0.4 is 5.32 Å². The zero-order chi connectivity index (χ0) is 9.73. The van der Waals surface area contributed by atoms with Gasteiger partial charge in [-0.3, -0.25) is 0 Å². The molecule has 13 heavy (non-hydrogen) atoms. The molecule has 0 fully saturated rings. The minimum atomic E-state index is -0.239. The predicted molar refractivity (Wildman–Crippen MR) is 53.9 cm³/mol. The maximum absolute atomic E-state index is 9.11. The lowest BCUT2D eigenvalue weighted by atomic mass is 10.1. The fraction of sp³-hybridized carbons (Fsp3) is 0.625. The fourth-order valence-electron chi connectivity index (χ4n) is 0.754. The van der Waals surface area contributed by atoms with Crippen LogP contribution in [0, 0.1) is 0 Å². The maximum Gasteiger partial charge on any atom is 0.165 e. The highest BCUT2D eigenvalue weighted by Crippen LogP contribution is 2.18. The summed E-state index contributed by atoms with van der Waals surface area (Å²) in [7, 11) is 1.85. The van der Waals surface area contributed by atoms with E-state index in [1.54, 1.807) is 24.2 Å². The first-order valence-electron chi connectivity index (χ1n) is 4.12. The van der Waals surface area contributed by atoms with Gasteiger partial charge in [0.15, 0.2) is 5.16 Å². The van der Waals surface area contributed by atoms with E-state index >= 15 is 0 Å². The van der Waals surface area contributed by atoms with Crippen LogP contribution in [-0.4, -0.2) is 40.0 Å². The molecule has 0 amide bonds. The van der Waals surface area contributed by atoms with Crippen LogP contribution in [-0.2, 0) is 0 Å². The number of rotatable bonds is 5. The van der Waals surface area contributed by atoms with Crippen LogP contribution in [0.3, 0.4) is 0 Å². The van der Waals surface area contributed by atoms with Gasteiger partial charge in [0.2, 0.25) is 0 Å². The van der Waals surface area contributed by atoms with Crippen molar-refractivity contribution in [2.45, 2.75) is 17.6 Å². The molecule has 0 saturated heterocycles. The Kier molecular flexibility index (Phi) is 3.77. The first kappa shape index (κ1) is 10.6. The Morgan fingerprint density at radius 2 is 2.54 bits per heavy atom. The van der Waals surface area contributed by atoms with Crippen LogP contribution in [0.15, 0.2) is 17.6 Å². The number of aliphatic hydroxyl groups excluding tert-OH is 1. The fourth-order valence-corrected chi connectivity index (χ4v) is 1.73. The number of nitrogens with one attached hydrogen (secondary N) is 2. The van der Waals surface area contributed by atoms with Crippen molar-refractivity contribution < 1.29 is 5.11 Å². The quantitative estimate of drug-likeness (QED) is 0.606. The third-order valence-corrected chi connectivity index (χ3v) is 3.23. The van der Waals surface area contributed by atoms with Gasteiger partial charge >= 0.3 is 0 Å². The molecule has 1 unspecified atom stereocenters. The largest absolute Gasteiger partial charge is 0.394 e. The van der Waals surface area contributed by atoms with Crippen molar-refractivity contribution in [2.75, 3.05) is 19.4 Å². The lowest BCUT2D eigenvalue weighted by Gasteiger charge is -2.25. The number of aromatic amines is 1. The van der Waals surface area contributed by atoms with E-state index in [-0.39, 0.29) is 12.1 Å². The lowest BCUT2D eigenvalue weighted by molar-refractivity contribution is 0.200. The second kappa shape index (κ2) is 4.64. The van der Waals surface area contributed by atoms with Crippen molar-refractivity contribution in [3.05, 3.63) is 12.4 Å². The maximum atomic E-state index is 9.11. The number of imidazole rings is 1. The molecule has 0 aliphatic heterocycles. The van der Waals surface area contributed by atoms with Gasteiger partial charge in [0.05, 0.1) is 6.61 Å². The molecule has 1 aromatic heterocycles. The van der Waals surface area contributed by atoms with E-state index in [0.29, 0.717) is 0 Å². The summed E-state index contributed by atoms with van der Waals surface area (Å²) in [5.74, 6) is 0.785. The average molecular weight is 201 g/mol. The van der Waals surface area contributed by atoms with Gasteiger partial charge in [-0.15, -0.1) is 0 Å². The third-order valence-electron chi connectivity index (χ3n) is 1.95. The monoisotopic (exact) mass is 201 g/mol. The van der Waals surface area contributed by atoms with Crippen LogP contribution in [0.4, 0.5) is 0 Å². The number of nitrogens with zero attached hydrogens (tertiary/aromatic N) is 1. The summed E-state index contributed by atoms with van der Waals surface area (Å²) in [5, 5.41) is 13.1. The number of hydrogen-bond donors (Lipinski definition) is 3. The second-order valence-corrected chi connectivity index (χ2v) is 4.12. The summed E-state index contributed by atoms with van der Waals surface area (Å²) in [5.41, 5.74) is -0.239. The predicted octanol–water partition coefficient (Wildman–Crippen LogP) is 0.472. The molecule has 0 spiro atoms. The zero-order valence-corrected chi connectivity index (χ0v) is 8.69. The highest BCUT2D eigenvalue weighted by atomic mass is 32.2. The van der Waals surface area contributed by atoms with Crippen molar-refractivity contribution >= 4 is 11.8 Å². The highest BCUT2D eigenvalue weighted by Gasteiger charge is 2.21. The van der Waals surface area contributed by atoms with Crippen molar-refractivity contribution in [3.8, 4) is 0 Å². The number of hydrogen-bond acceptors (Lipinski definition) is 4. The number of H-pyrrole nitrogens is 1. The van der Waals surface area contributed by atoms with Crippen molar-refractivity contribution in [3.63, 3.8) is 0 Å². The number of thioether (sulfide) groups is 1. The summed E-state index contributed by atoms with van der Waals surface area (Å²) in [6.07, 6.45) is 3.51. The number of aliphatic hydroxyl groups is 1. The second-order valence-electron chi connectivity index (χ2n) is 3.15. The van der Waals surface area contributed by atoms with E-state index in [0.717, 1.165) is 10.9 Å². The van der Waals surface area contributed by atoms with Gasteiger partial charge in [0.1, 0.15) is 0 Å². The van der Waals surface area contributed by atoms with Crippen LogP contribution in [0.1, 0.15) is 6.92 Å². The number of likely N-dealkylation sites (N-methyl/N-ethyl adjacent to an activating group) is 1. The van der Waals surface area contributed by atoms with Gasteiger partial charge in [0, 0.05) is 23.7 Å². The van der Waals surface area contributed by atoms with Gasteiger partial charge in [0.25, 0.3) is 0 Å². The third kappa shape index (κ3) is 3.02. The summed E-state index contributed by atoms with van der Waals surface area (Å²) < 4.78 is 0. The smallest absolute Gasteiger partial charge is 0.165 e. The first-order chi connectivity index (χ1) is 6.20. The number of aromatic nitrogens is 2. The Morgan fingerprint density at radius 3 is 3.00 bits per heavy atom. The van der Waals surface area contributed by atoms with Gasteiger partial charge in [-0.2, -0.15) is 0 Å². The van der Waals surface area contributed by atoms with E-state index in [9.17, 15) is 0 Å². The van der Waals surface area contributed by atoms with Crippen molar-refractivity contribution in [2.24, 2.45) is 0 Å². The molecule has 0 aliphatic carbocycles. The Morgan fingerprint density at radius 1 is 1.77 bits per heavy atom. The van der Waals surface area contributed by atoms with E-state index in [2.05, 4.69) is 15.3 Å². The molecule has 1 atom stereocenters. The van der Waals surface area contributed by atoms with E-state index < -0.39 is 0 Å². The summed E-state index contributed by atoms with van der Waals surface area (Å²) in [4.78, 5) is 7.09. The van der Waals surface area contributed by atoms with E-state index in [4.69, 9.17) is 5.11 Å². The average Bonchev–Trinajstić information content (AvgIpc) is 2.67. The Balaban J connectivity index is 2.41. The van der Waals surface area contributed by atoms with Gasteiger partial charge in [-0.25, -0.2) is 4.98 Å². The lowest BCUT2D eigenvalue weighted by Crippen LogP contribution is -2.45. The normalized spacial score (nSPS) is 15.6. The van der Waals surface area contributed by atoms with Crippen molar-refractivity contribution in [1.29, 1.82) is 0 Å². The highest BCUT2D eigenvalue weighted by molar-refractivity contribution is 7.99. The molecular weight excluding hydrogens is 186 g/mol. The van der Waals surface area contributed by atoms with Gasteiger partial charge in [-0.05, 0) is 14.0 Å². The summed E-state index contributed by atoms with van der Waals surface area (Å²) in [6.45, 7) is 2.10. The molecular formula is C8H15N3OS. The molecule has 0 radical (unpaired) electrons. The Hall–Kier alpha value is -0.520. The molecule has 1 heterocycles. The molecule has 4 nitrogen and oxygen atoms in total. The topological polar surface area (TPSA) is 60.9 Å². The summed E-state index contributed by atoms with van der Waals surface area (Å²) in [6, 6.07) is 0.